The van der Waals surface area contributed by atoms with Gasteiger partial charge in [-0.1, -0.05) is 13.8 Å². The first kappa shape index (κ1) is 17.2. The summed E-state index contributed by atoms with van der Waals surface area (Å²) in [7, 11) is 0. The summed E-state index contributed by atoms with van der Waals surface area (Å²) in [5.74, 6) is 1.75. The monoisotopic (exact) mass is 293 g/mol. The highest BCUT2D eigenvalue weighted by molar-refractivity contribution is 5.84. The van der Waals surface area contributed by atoms with Gasteiger partial charge in [0.1, 0.15) is 24.0 Å². The first-order valence-electron chi connectivity index (χ1n) is 7.52. The van der Waals surface area contributed by atoms with Gasteiger partial charge in [-0.05, 0) is 33.6 Å². The van der Waals surface area contributed by atoms with Crippen LogP contribution in [0.3, 0.4) is 0 Å². The number of carbonyl (C=O) groups is 1. The number of anilines is 2. The van der Waals surface area contributed by atoms with Crippen molar-refractivity contribution in [1.29, 1.82) is 0 Å². The predicted molar refractivity (Wildman–Crippen MR) is 86.6 cm³/mol. The molecule has 0 aliphatic heterocycles. The molecule has 1 unspecified atom stereocenters. The van der Waals surface area contributed by atoms with Gasteiger partial charge in [-0.15, -0.1) is 0 Å². The molecule has 0 aliphatic carbocycles. The smallest absolute Gasteiger partial charge is 0.242 e. The predicted octanol–water partition coefficient (Wildman–Crippen LogP) is 2.36. The Morgan fingerprint density at radius 1 is 1.14 bits per heavy atom. The van der Waals surface area contributed by atoms with E-state index in [9.17, 15) is 4.79 Å². The first-order chi connectivity index (χ1) is 9.86. The average Bonchev–Trinajstić information content (AvgIpc) is 2.38. The fourth-order valence-corrected chi connectivity index (χ4v) is 2.05. The molecule has 118 valence electrons. The van der Waals surface area contributed by atoms with E-state index in [4.69, 9.17) is 0 Å². The Kier molecular flexibility index (Phi) is 6.39. The third kappa shape index (κ3) is 4.88. The Morgan fingerprint density at radius 2 is 1.76 bits per heavy atom. The summed E-state index contributed by atoms with van der Waals surface area (Å²) >= 11 is 0. The van der Waals surface area contributed by atoms with Gasteiger partial charge in [-0.25, -0.2) is 9.97 Å². The molecule has 0 saturated heterocycles. The quantitative estimate of drug-likeness (QED) is 0.719. The molecule has 1 heterocycles. The Morgan fingerprint density at radius 3 is 2.29 bits per heavy atom. The van der Waals surface area contributed by atoms with Crippen LogP contribution >= 0.6 is 0 Å². The molecular formula is C15H27N5O. The SMILES string of the molecule is CCNc1ncnc(NC(C)C(=O)NC(C)C)c1C(C)C. The standard InChI is InChI=1S/C15H27N5O/c1-7-16-13-12(9(2)3)14(18-8-17-13)20-11(6)15(21)19-10(4)5/h8-11H,7H2,1-6H3,(H,19,21)(H2,16,17,18,20). The topological polar surface area (TPSA) is 78.9 Å². The highest BCUT2D eigenvalue weighted by Gasteiger charge is 2.19. The molecule has 1 rings (SSSR count). The molecule has 1 aromatic rings. The van der Waals surface area contributed by atoms with E-state index in [-0.39, 0.29) is 23.9 Å². The number of nitrogens with one attached hydrogen (secondary N) is 3. The van der Waals surface area contributed by atoms with Crippen molar-refractivity contribution >= 4 is 17.5 Å². The fraction of sp³-hybridized carbons (Fsp3) is 0.667. The lowest BCUT2D eigenvalue weighted by atomic mass is 10.0. The van der Waals surface area contributed by atoms with Gasteiger partial charge >= 0.3 is 0 Å². The average molecular weight is 293 g/mol. The van der Waals surface area contributed by atoms with Gasteiger partial charge in [-0.3, -0.25) is 4.79 Å². The van der Waals surface area contributed by atoms with Crippen LogP contribution in [0.15, 0.2) is 6.33 Å². The lowest BCUT2D eigenvalue weighted by Crippen LogP contribution is -2.41. The van der Waals surface area contributed by atoms with Crippen LogP contribution in [0, 0.1) is 0 Å². The minimum atomic E-state index is -0.353. The first-order valence-corrected chi connectivity index (χ1v) is 7.52. The Hall–Kier alpha value is -1.85. The van der Waals surface area contributed by atoms with Crippen molar-refractivity contribution in [3.8, 4) is 0 Å². The van der Waals surface area contributed by atoms with Gasteiger partial charge in [0.25, 0.3) is 0 Å². The molecule has 3 N–H and O–H groups in total. The molecule has 6 nitrogen and oxygen atoms in total. The lowest BCUT2D eigenvalue weighted by molar-refractivity contribution is -0.122. The van der Waals surface area contributed by atoms with Crippen molar-refractivity contribution in [2.45, 2.75) is 59.5 Å². The second kappa shape index (κ2) is 7.81. The fourth-order valence-electron chi connectivity index (χ4n) is 2.05. The van der Waals surface area contributed by atoms with Crippen molar-refractivity contribution in [3.05, 3.63) is 11.9 Å². The van der Waals surface area contributed by atoms with Crippen LogP contribution in [-0.4, -0.2) is 34.5 Å². The van der Waals surface area contributed by atoms with Crippen molar-refractivity contribution < 1.29 is 4.79 Å². The molecule has 6 heteroatoms. The van der Waals surface area contributed by atoms with Gasteiger partial charge in [0, 0.05) is 18.2 Å². The maximum atomic E-state index is 12.0. The van der Waals surface area contributed by atoms with E-state index in [2.05, 4.69) is 39.8 Å². The minimum Gasteiger partial charge on any atom is -0.370 e. The van der Waals surface area contributed by atoms with E-state index in [1.165, 1.54) is 6.33 Å². The number of nitrogens with zero attached hydrogens (tertiary/aromatic N) is 2. The second-order valence-corrected chi connectivity index (χ2v) is 5.70. The molecule has 0 spiro atoms. The minimum absolute atomic E-state index is 0.0386. The zero-order valence-electron chi connectivity index (χ0n) is 13.8. The normalized spacial score (nSPS) is 12.4. The van der Waals surface area contributed by atoms with Gasteiger partial charge in [-0.2, -0.15) is 0 Å². The van der Waals surface area contributed by atoms with E-state index < -0.39 is 0 Å². The summed E-state index contributed by atoms with van der Waals surface area (Å²) in [5.41, 5.74) is 1.00. The molecule has 21 heavy (non-hydrogen) atoms. The van der Waals surface area contributed by atoms with Gasteiger partial charge in [0.15, 0.2) is 0 Å². The molecule has 0 radical (unpaired) electrons. The zero-order chi connectivity index (χ0) is 16.0. The third-order valence-corrected chi connectivity index (χ3v) is 2.98. The molecular weight excluding hydrogens is 266 g/mol. The zero-order valence-corrected chi connectivity index (χ0v) is 13.8. The number of hydrogen-bond acceptors (Lipinski definition) is 5. The van der Waals surface area contributed by atoms with Crippen LogP contribution in [0.5, 0.6) is 0 Å². The molecule has 0 fully saturated rings. The van der Waals surface area contributed by atoms with Crippen LogP contribution < -0.4 is 16.0 Å². The third-order valence-electron chi connectivity index (χ3n) is 2.98. The molecule has 0 aliphatic rings. The van der Waals surface area contributed by atoms with Gasteiger partial charge in [0.05, 0.1) is 0 Å². The highest BCUT2D eigenvalue weighted by Crippen LogP contribution is 2.28. The van der Waals surface area contributed by atoms with Crippen molar-refractivity contribution in [2.75, 3.05) is 17.2 Å². The van der Waals surface area contributed by atoms with Crippen LogP contribution in [-0.2, 0) is 4.79 Å². The van der Waals surface area contributed by atoms with E-state index >= 15 is 0 Å². The van der Waals surface area contributed by atoms with E-state index in [1.807, 2.05) is 27.7 Å². The van der Waals surface area contributed by atoms with Crippen LogP contribution in [0.4, 0.5) is 11.6 Å². The Labute approximate surface area is 127 Å². The van der Waals surface area contributed by atoms with E-state index in [1.54, 1.807) is 0 Å². The molecule has 1 atom stereocenters. The van der Waals surface area contributed by atoms with E-state index in [0.717, 1.165) is 17.9 Å². The van der Waals surface area contributed by atoms with E-state index in [0.29, 0.717) is 5.82 Å². The summed E-state index contributed by atoms with van der Waals surface area (Å²) in [6, 6.07) is -0.233. The maximum Gasteiger partial charge on any atom is 0.242 e. The number of aromatic nitrogens is 2. The Balaban J connectivity index is 2.97. The number of amides is 1. The van der Waals surface area contributed by atoms with Crippen molar-refractivity contribution in [3.63, 3.8) is 0 Å². The second-order valence-electron chi connectivity index (χ2n) is 5.70. The molecule has 1 aromatic heterocycles. The summed E-state index contributed by atoms with van der Waals surface area (Å²) in [4.78, 5) is 20.6. The largest absolute Gasteiger partial charge is 0.370 e. The lowest BCUT2D eigenvalue weighted by Gasteiger charge is -2.21. The highest BCUT2D eigenvalue weighted by atomic mass is 16.2. The van der Waals surface area contributed by atoms with Gasteiger partial charge in [0.2, 0.25) is 5.91 Å². The maximum absolute atomic E-state index is 12.0. The molecule has 0 bridgehead atoms. The van der Waals surface area contributed by atoms with Crippen LogP contribution in [0.25, 0.3) is 0 Å². The summed E-state index contributed by atoms with van der Waals surface area (Å²) < 4.78 is 0. The number of hydrogen-bond donors (Lipinski definition) is 3. The Bertz CT molecular complexity index is 473. The van der Waals surface area contributed by atoms with Crippen LogP contribution in [0.1, 0.15) is 53.0 Å². The summed E-state index contributed by atoms with van der Waals surface area (Å²) in [6.07, 6.45) is 1.51. The van der Waals surface area contributed by atoms with Crippen LogP contribution in [0.2, 0.25) is 0 Å². The van der Waals surface area contributed by atoms with Gasteiger partial charge < -0.3 is 16.0 Å². The van der Waals surface area contributed by atoms with Crippen molar-refractivity contribution in [1.82, 2.24) is 15.3 Å². The molecule has 1 amide bonds. The number of carbonyl (C=O) groups excluding carboxylic acids is 1. The molecule has 0 saturated carbocycles. The van der Waals surface area contributed by atoms with Crippen molar-refractivity contribution in [2.24, 2.45) is 0 Å². The summed E-state index contributed by atoms with van der Waals surface area (Å²) in [5, 5.41) is 9.32. The molecule has 0 aromatic carbocycles. The number of rotatable bonds is 7. The summed E-state index contributed by atoms with van der Waals surface area (Å²) in [6.45, 7) is 12.7.